The monoisotopic (exact) mass is 1590 g/mol. The van der Waals surface area contributed by atoms with Crippen LogP contribution in [0.1, 0.15) is 0 Å². The third kappa shape index (κ3) is 15.3. The lowest BCUT2D eigenvalue weighted by Gasteiger charge is -2.17. The van der Waals surface area contributed by atoms with Crippen LogP contribution in [0.4, 0.5) is 68.8 Å². The van der Waals surface area contributed by atoms with Crippen LogP contribution in [0.25, 0.3) is 43.1 Å². The zero-order chi connectivity index (χ0) is 74.5. The molecule has 11 aromatic rings. The van der Waals surface area contributed by atoms with Crippen molar-refractivity contribution in [2.24, 2.45) is 20.5 Å². The smallest absolute Gasteiger partial charge is 0.297 e. The Morgan fingerprint density at radius 2 is 0.716 bits per heavy atom. The number of phenols is 2. The first kappa shape index (κ1) is 73.3. The molecule has 0 saturated heterocycles. The Labute approximate surface area is 582 Å². The molecule has 0 atom stereocenters. The van der Waals surface area contributed by atoms with Crippen molar-refractivity contribution in [3.05, 3.63) is 150 Å². The van der Waals surface area contributed by atoms with Crippen LogP contribution in [0.3, 0.4) is 0 Å². The summed E-state index contributed by atoms with van der Waals surface area (Å²) >= 11 is 12.8. The fraction of sp³-hybridized carbons (Fsp3) is 0. The van der Waals surface area contributed by atoms with Crippen molar-refractivity contribution < 1.29 is 114 Å². The molecule has 0 aliphatic heterocycles. The van der Waals surface area contributed by atoms with Gasteiger partial charge in [-0.1, -0.05) is 48.0 Å². The highest BCUT2D eigenvalue weighted by atomic mass is 35.5. The van der Waals surface area contributed by atoms with Crippen LogP contribution in [0, 0.1) is 0 Å². The molecule has 0 fully saturated rings. The SMILES string of the molecule is O=S(=O)(O)c1cc(Nc2cc(Cl)cc(Nc3ccc(Nc4nc(Cl)nc(Nc5cc(S(=O)(=O)O)cc6cc(S(=O)(=O)O)c(N=Nc7ccc8c(S(=O)(=O)O)cccc8c7S(=O)(=O)O)c(O)c56)n4)cc3)c2)c2c(O)c(N=Nc3ccc4c(S(=O)(=O)O)cccc4c3S(=O)(=O)O)c(S(=O)(=O)O)cc2c1. The van der Waals surface area contributed by atoms with Gasteiger partial charge in [-0.25, -0.2) is 0 Å². The standard InChI is InChI=1S/C55H37Cl2N11O26S8/c56-26-19-29(21-30(20-26)59-39-22-31(95(71,72)73)15-24-17-43(99(83,84)85)47(49(69)45(24)39)67-65-37-13-11-33-35(51(37)101(89,90)91)3-1-5-41(33)97(77,78)79)58-27-7-9-28(10-8-27)60-54-62-53(57)63-55(64-54)61-40-23-32(96(74,75)76)16-25-18-44(100(86,87)88)48(50(70)46(25)40)68-66-38-14-12-34-36(52(38)102(92,93)94)4-2-6-42(34)98(80,81)82/h1-23,58-59,69-70H,(H,71,72,73)(H,74,75,76)(H,77,78,79)(H,80,81,82)(H,83,84,85)(H,86,87,88)(H,89,90,91)(H,92,93,94)(H2,60,61,62,63,64). The lowest BCUT2D eigenvalue weighted by molar-refractivity contribution is 0.471. The van der Waals surface area contributed by atoms with E-state index in [-0.39, 0.29) is 28.0 Å². The minimum atomic E-state index is -5.54. The van der Waals surface area contributed by atoms with Crippen LogP contribution in [0.15, 0.2) is 199 Å². The number of phenolic OH excluding ortho intramolecular Hbond substituents is 2. The average molecular weight is 1600 g/mol. The van der Waals surface area contributed by atoms with Crippen LogP contribution in [0.2, 0.25) is 10.3 Å². The van der Waals surface area contributed by atoms with Gasteiger partial charge in [0.15, 0.2) is 11.5 Å². The summed E-state index contributed by atoms with van der Waals surface area (Å²) in [5, 5.41) is 45.0. The maximum Gasteiger partial charge on any atom is 0.297 e. The molecule has 14 N–H and O–H groups in total. The molecule has 0 saturated carbocycles. The highest BCUT2D eigenvalue weighted by Crippen LogP contribution is 2.49. The Kier molecular flexibility index (Phi) is 18.8. The normalized spacial score (nSPS) is 13.0. The summed E-state index contributed by atoms with van der Waals surface area (Å²) in [6.07, 6.45) is 0. The van der Waals surface area contributed by atoms with Crippen LogP contribution >= 0.6 is 23.2 Å². The average Bonchev–Trinajstić information content (AvgIpc) is 0.756. The molecule has 0 unspecified atom stereocenters. The lowest BCUT2D eigenvalue weighted by atomic mass is 10.1. The topological polar surface area (TPSA) is 612 Å². The number of halogens is 2. The number of hydrogen-bond acceptors (Lipinski definition) is 29. The van der Waals surface area contributed by atoms with Gasteiger partial charge in [0.2, 0.25) is 17.2 Å². The zero-order valence-electron chi connectivity index (χ0n) is 49.4. The summed E-state index contributed by atoms with van der Waals surface area (Å²) in [4.78, 5) is 3.88. The van der Waals surface area contributed by atoms with Crippen LogP contribution in [-0.4, -0.2) is 129 Å². The van der Waals surface area contributed by atoms with E-state index < -0.39 is 220 Å². The highest BCUT2D eigenvalue weighted by molar-refractivity contribution is 7.88. The first-order chi connectivity index (χ1) is 47.2. The second kappa shape index (κ2) is 26.2. The number of aromatic hydroxyl groups is 2. The second-order valence-electron chi connectivity index (χ2n) is 21.1. The van der Waals surface area contributed by atoms with E-state index in [1.165, 1.54) is 42.5 Å². The van der Waals surface area contributed by atoms with E-state index in [1.54, 1.807) is 0 Å². The van der Waals surface area contributed by atoms with E-state index in [0.29, 0.717) is 36.0 Å². The lowest BCUT2D eigenvalue weighted by Crippen LogP contribution is -2.06. The largest absolute Gasteiger partial charge is 0.505 e. The predicted octanol–water partition coefficient (Wildman–Crippen LogP) is 11.0. The summed E-state index contributed by atoms with van der Waals surface area (Å²) < 4.78 is 283. The predicted molar refractivity (Wildman–Crippen MR) is 362 cm³/mol. The Morgan fingerprint density at radius 3 is 1.11 bits per heavy atom. The molecule has 102 heavy (non-hydrogen) atoms. The molecule has 0 bridgehead atoms. The van der Waals surface area contributed by atoms with E-state index in [0.717, 1.165) is 66.7 Å². The van der Waals surface area contributed by atoms with Gasteiger partial charge in [-0.15, -0.1) is 20.5 Å². The molecule has 1 heterocycles. The fourth-order valence-electron chi connectivity index (χ4n) is 10.3. The third-order valence-electron chi connectivity index (χ3n) is 14.3. The van der Waals surface area contributed by atoms with Crippen molar-refractivity contribution in [3.8, 4) is 11.5 Å². The van der Waals surface area contributed by atoms with Crippen LogP contribution in [0.5, 0.6) is 11.5 Å². The quantitative estimate of drug-likeness (QED) is 0.0249. The van der Waals surface area contributed by atoms with E-state index in [1.807, 2.05) is 0 Å². The molecule has 0 aliphatic carbocycles. The molecule has 10 aromatic carbocycles. The van der Waals surface area contributed by atoms with Crippen LogP contribution in [-0.2, 0) is 80.9 Å². The number of aromatic nitrogens is 3. The Bertz CT molecular complexity index is 6170. The summed E-state index contributed by atoms with van der Waals surface area (Å²) in [6, 6.07) is 23.1. The summed E-state index contributed by atoms with van der Waals surface area (Å²) in [6.45, 7) is 0. The first-order valence-corrected chi connectivity index (χ1v) is 39.3. The van der Waals surface area contributed by atoms with Gasteiger partial charge in [-0.2, -0.15) is 82.3 Å². The van der Waals surface area contributed by atoms with E-state index in [9.17, 15) is 114 Å². The van der Waals surface area contributed by atoms with Crippen molar-refractivity contribution in [1.82, 2.24) is 15.0 Å². The number of fused-ring (bicyclic) bond motifs is 4. The van der Waals surface area contributed by atoms with Crippen molar-refractivity contribution in [1.29, 1.82) is 0 Å². The van der Waals surface area contributed by atoms with Crippen molar-refractivity contribution in [2.75, 3.05) is 21.3 Å². The van der Waals surface area contributed by atoms with Gasteiger partial charge in [0.25, 0.3) is 80.9 Å². The number of anilines is 8. The fourth-order valence-corrected chi connectivity index (χ4v) is 16.2. The second-order valence-corrected chi connectivity index (χ2v) is 33.0. The molecule has 0 radical (unpaired) electrons. The molecular weight excluding hydrogens is 1560 g/mol. The number of benzene rings is 10. The molecule has 11 rings (SSSR count). The van der Waals surface area contributed by atoms with Gasteiger partial charge < -0.3 is 31.5 Å². The zero-order valence-corrected chi connectivity index (χ0v) is 57.5. The van der Waals surface area contributed by atoms with Gasteiger partial charge in [0, 0.05) is 60.1 Å². The maximum absolute atomic E-state index is 12.9. The molecule has 1 aromatic heterocycles. The van der Waals surface area contributed by atoms with E-state index in [2.05, 4.69) is 56.7 Å². The number of rotatable bonds is 20. The van der Waals surface area contributed by atoms with Gasteiger partial charge in [-0.3, -0.25) is 36.4 Å². The van der Waals surface area contributed by atoms with Gasteiger partial charge in [0.05, 0.1) is 21.2 Å². The highest BCUT2D eigenvalue weighted by Gasteiger charge is 2.31. The number of azo groups is 2. The number of nitrogens with one attached hydrogen (secondary N) is 4. The summed E-state index contributed by atoms with van der Waals surface area (Å²) in [7, 11) is -42.3. The van der Waals surface area contributed by atoms with Crippen LogP contribution < -0.4 is 21.3 Å². The maximum atomic E-state index is 12.9. The van der Waals surface area contributed by atoms with E-state index >= 15 is 0 Å². The Balaban J connectivity index is 0.898. The Hall–Kier alpha value is -9.89. The molecule has 0 spiro atoms. The summed E-state index contributed by atoms with van der Waals surface area (Å²) in [5.41, 5.74) is -4.29. The third-order valence-corrected chi connectivity index (χ3v) is 21.8. The Morgan fingerprint density at radius 1 is 0.333 bits per heavy atom. The number of nitrogens with zero attached hydrogens (tertiary/aromatic N) is 7. The molecule has 530 valence electrons. The number of hydrogen-bond donors (Lipinski definition) is 14. The molecular formula is C55H37Cl2N11O26S8. The molecule has 0 amide bonds. The first-order valence-electron chi connectivity index (χ1n) is 27.0. The van der Waals surface area contributed by atoms with Gasteiger partial charge >= 0.3 is 0 Å². The minimum absolute atomic E-state index is 0.0215. The summed E-state index contributed by atoms with van der Waals surface area (Å²) in [5.74, 6) is -3.36. The van der Waals surface area contributed by atoms with Gasteiger partial charge in [-0.05, 0) is 126 Å². The molecule has 0 aliphatic rings. The van der Waals surface area contributed by atoms with Crippen molar-refractivity contribution in [3.63, 3.8) is 0 Å². The molecule has 47 heteroatoms. The van der Waals surface area contributed by atoms with Crippen molar-refractivity contribution in [2.45, 2.75) is 39.2 Å². The van der Waals surface area contributed by atoms with Gasteiger partial charge in [0.1, 0.15) is 52.1 Å². The van der Waals surface area contributed by atoms with E-state index in [4.69, 9.17) is 23.2 Å². The molecule has 37 nitrogen and oxygen atoms in total. The minimum Gasteiger partial charge on any atom is -0.505 e. The van der Waals surface area contributed by atoms with Crippen molar-refractivity contribution >= 4 is 216 Å².